The van der Waals surface area contributed by atoms with Gasteiger partial charge in [-0.3, -0.25) is 9.59 Å². The van der Waals surface area contributed by atoms with Gasteiger partial charge >= 0.3 is 0 Å². The van der Waals surface area contributed by atoms with Crippen molar-refractivity contribution in [3.63, 3.8) is 0 Å². The molecule has 0 saturated heterocycles. The molecule has 0 saturated carbocycles. The Morgan fingerprint density at radius 2 is 1.93 bits per heavy atom. The highest BCUT2D eigenvalue weighted by atomic mass is 35.5. The molecule has 1 spiro atoms. The molecular weight excluding hydrogens is 364 g/mol. The molecule has 1 aromatic heterocycles. The van der Waals surface area contributed by atoms with Crippen LogP contribution >= 0.6 is 11.6 Å². The van der Waals surface area contributed by atoms with Gasteiger partial charge in [0.05, 0.1) is 11.9 Å². The Balaban J connectivity index is 1.79. The quantitative estimate of drug-likeness (QED) is 0.681. The molecule has 2 amide bonds. The third kappa shape index (κ3) is 2.10. The summed E-state index contributed by atoms with van der Waals surface area (Å²) in [7, 11) is 0. The first-order chi connectivity index (χ1) is 13.0. The third-order valence-corrected chi connectivity index (χ3v) is 5.57. The number of carbonyl (C=O) groups is 2. The average molecular weight is 379 g/mol. The number of aromatic nitrogens is 2. The highest BCUT2D eigenvalue weighted by molar-refractivity contribution is 6.31. The smallest absolute Gasteiger partial charge is 0.240 e. The number of halogens is 1. The Morgan fingerprint density at radius 3 is 2.74 bits per heavy atom. The Bertz CT molecular complexity index is 1140. The number of nitrogens with one attached hydrogen (secondary N) is 2. The van der Waals surface area contributed by atoms with Crippen LogP contribution in [0, 0.1) is 6.92 Å². The Labute approximate surface area is 160 Å². The average Bonchev–Trinajstić information content (AvgIpc) is 3.16. The summed E-state index contributed by atoms with van der Waals surface area (Å²) in [6, 6.07) is 13.0. The largest absolute Gasteiger partial charge is 0.325 e. The van der Waals surface area contributed by atoms with Crippen molar-refractivity contribution < 1.29 is 9.59 Å². The molecule has 1 atom stereocenters. The zero-order valence-electron chi connectivity index (χ0n) is 14.4. The minimum atomic E-state index is -1.13. The molecule has 0 bridgehead atoms. The van der Waals surface area contributed by atoms with Gasteiger partial charge in [-0.1, -0.05) is 29.8 Å². The van der Waals surface area contributed by atoms with Crippen LogP contribution in [0.15, 0.2) is 48.7 Å². The number of carbonyl (C=O) groups excluding carboxylic acids is 2. The van der Waals surface area contributed by atoms with E-state index in [9.17, 15) is 9.59 Å². The number of rotatable bonds is 1. The standard InChI is InChI=1S/C20H15ClN4O2/c1-11-4-2-3-5-16(11)25-18-14(10-22-25)20(9-17(26)24-18)13-8-12(21)6-7-15(13)23-19(20)27/h2-8,10H,9H2,1H3,(H,23,27)(H,24,26)/t20-/m1/s1. The van der Waals surface area contributed by atoms with E-state index in [2.05, 4.69) is 15.7 Å². The molecular formula is C20H15ClN4O2. The fraction of sp³-hybridized carbons (Fsp3) is 0.150. The van der Waals surface area contributed by atoms with E-state index in [1.54, 1.807) is 29.1 Å². The van der Waals surface area contributed by atoms with Gasteiger partial charge in [0.15, 0.2) is 0 Å². The Hall–Kier alpha value is -3.12. The third-order valence-electron chi connectivity index (χ3n) is 5.33. The van der Waals surface area contributed by atoms with E-state index in [0.717, 1.165) is 11.3 Å². The number of hydrogen-bond donors (Lipinski definition) is 2. The number of anilines is 2. The van der Waals surface area contributed by atoms with Crippen molar-refractivity contribution in [2.45, 2.75) is 18.8 Å². The Kier molecular flexibility index (Phi) is 3.24. The van der Waals surface area contributed by atoms with E-state index in [1.165, 1.54) is 0 Å². The minimum absolute atomic E-state index is 0.0125. The molecule has 7 heteroatoms. The van der Waals surface area contributed by atoms with Gasteiger partial charge in [-0.15, -0.1) is 0 Å². The van der Waals surface area contributed by atoms with Crippen LogP contribution in [0.25, 0.3) is 5.69 Å². The van der Waals surface area contributed by atoms with Gasteiger partial charge < -0.3 is 10.6 Å². The maximum Gasteiger partial charge on any atom is 0.240 e. The maximum absolute atomic E-state index is 13.1. The van der Waals surface area contributed by atoms with Crippen LogP contribution in [0.5, 0.6) is 0 Å². The van der Waals surface area contributed by atoms with Gasteiger partial charge in [0.2, 0.25) is 11.8 Å². The number of aryl methyl sites for hydroxylation is 1. The summed E-state index contributed by atoms with van der Waals surface area (Å²) in [5.74, 6) is 0.0459. The van der Waals surface area contributed by atoms with Gasteiger partial charge in [0.1, 0.15) is 11.2 Å². The SMILES string of the molecule is Cc1ccccc1-n1ncc2c1NC(=O)C[C@]21C(=O)Nc2ccc(Cl)cc21. The first-order valence-corrected chi connectivity index (χ1v) is 8.94. The van der Waals surface area contributed by atoms with Crippen LogP contribution in [0.2, 0.25) is 5.02 Å². The van der Waals surface area contributed by atoms with Gasteiger partial charge in [0, 0.05) is 22.7 Å². The number of nitrogens with zero attached hydrogens (tertiary/aromatic N) is 2. The van der Waals surface area contributed by atoms with E-state index in [1.807, 2.05) is 31.2 Å². The molecule has 27 heavy (non-hydrogen) atoms. The van der Waals surface area contributed by atoms with E-state index in [4.69, 9.17) is 11.6 Å². The number of para-hydroxylation sites is 1. The van der Waals surface area contributed by atoms with Gasteiger partial charge in [-0.05, 0) is 42.3 Å². The van der Waals surface area contributed by atoms with Crippen molar-refractivity contribution in [2.75, 3.05) is 10.6 Å². The minimum Gasteiger partial charge on any atom is -0.325 e. The van der Waals surface area contributed by atoms with Crippen LogP contribution < -0.4 is 10.6 Å². The lowest BCUT2D eigenvalue weighted by molar-refractivity contribution is -0.125. The van der Waals surface area contributed by atoms with Crippen LogP contribution in [0.3, 0.4) is 0 Å². The predicted octanol–water partition coefficient (Wildman–Crippen LogP) is 3.41. The highest BCUT2D eigenvalue weighted by Crippen LogP contribution is 2.50. The molecule has 6 nitrogen and oxygen atoms in total. The molecule has 3 aromatic rings. The summed E-state index contributed by atoms with van der Waals surface area (Å²) in [6.07, 6.45) is 1.68. The van der Waals surface area contributed by atoms with Crippen LogP contribution in [0.4, 0.5) is 11.5 Å². The molecule has 2 aliphatic heterocycles. The normalized spacial score (nSPS) is 20.2. The first kappa shape index (κ1) is 16.1. The molecule has 2 aliphatic rings. The van der Waals surface area contributed by atoms with Crippen molar-refractivity contribution in [3.8, 4) is 5.69 Å². The molecule has 2 aromatic carbocycles. The topological polar surface area (TPSA) is 76.0 Å². The van der Waals surface area contributed by atoms with E-state index >= 15 is 0 Å². The maximum atomic E-state index is 13.1. The zero-order valence-corrected chi connectivity index (χ0v) is 15.2. The number of hydrogen-bond acceptors (Lipinski definition) is 3. The van der Waals surface area contributed by atoms with Gasteiger partial charge in [-0.2, -0.15) is 5.10 Å². The second kappa shape index (κ2) is 5.44. The Morgan fingerprint density at radius 1 is 1.11 bits per heavy atom. The summed E-state index contributed by atoms with van der Waals surface area (Å²) in [5.41, 5.74) is 2.79. The fourth-order valence-corrected chi connectivity index (χ4v) is 4.22. The molecule has 3 heterocycles. The van der Waals surface area contributed by atoms with Crippen molar-refractivity contribution in [1.82, 2.24) is 9.78 Å². The zero-order chi connectivity index (χ0) is 18.8. The second-order valence-electron chi connectivity index (χ2n) is 6.88. The van der Waals surface area contributed by atoms with E-state index in [-0.39, 0.29) is 18.2 Å². The molecule has 5 rings (SSSR count). The fourth-order valence-electron chi connectivity index (χ4n) is 4.05. The number of fused-ring (bicyclic) bond motifs is 4. The molecule has 134 valence electrons. The first-order valence-electron chi connectivity index (χ1n) is 8.56. The van der Waals surface area contributed by atoms with E-state index in [0.29, 0.717) is 27.7 Å². The highest BCUT2D eigenvalue weighted by Gasteiger charge is 2.54. The van der Waals surface area contributed by atoms with Gasteiger partial charge in [0.25, 0.3) is 0 Å². The summed E-state index contributed by atoms with van der Waals surface area (Å²) in [5, 5.41) is 10.8. The van der Waals surface area contributed by atoms with Crippen molar-refractivity contribution in [2.24, 2.45) is 0 Å². The monoisotopic (exact) mass is 378 g/mol. The lowest BCUT2D eigenvalue weighted by Crippen LogP contribution is -2.43. The lowest BCUT2D eigenvalue weighted by Gasteiger charge is -2.31. The summed E-state index contributed by atoms with van der Waals surface area (Å²) < 4.78 is 1.68. The van der Waals surface area contributed by atoms with Crippen molar-refractivity contribution in [3.05, 3.63) is 70.4 Å². The predicted molar refractivity (Wildman–Crippen MR) is 102 cm³/mol. The molecule has 2 N–H and O–H groups in total. The second-order valence-corrected chi connectivity index (χ2v) is 7.32. The number of amides is 2. The van der Waals surface area contributed by atoms with Gasteiger partial charge in [-0.25, -0.2) is 4.68 Å². The summed E-state index contributed by atoms with van der Waals surface area (Å²) >= 11 is 6.20. The molecule has 0 radical (unpaired) electrons. The molecule has 0 unspecified atom stereocenters. The van der Waals surface area contributed by atoms with Crippen LogP contribution in [-0.2, 0) is 15.0 Å². The van der Waals surface area contributed by atoms with Crippen LogP contribution in [0.1, 0.15) is 23.1 Å². The van der Waals surface area contributed by atoms with Crippen molar-refractivity contribution in [1.29, 1.82) is 0 Å². The van der Waals surface area contributed by atoms with E-state index < -0.39 is 5.41 Å². The molecule has 0 fully saturated rings. The molecule has 0 aliphatic carbocycles. The lowest BCUT2D eigenvalue weighted by atomic mass is 9.72. The van der Waals surface area contributed by atoms with Crippen molar-refractivity contribution >= 4 is 34.9 Å². The summed E-state index contributed by atoms with van der Waals surface area (Å²) in [6.45, 7) is 1.97. The van der Waals surface area contributed by atoms with Crippen LogP contribution in [-0.4, -0.2) is 21.6 Å². The number of benzene rings is 2. The summed E-state index contributed by atoms with van der Waals surface area (Å²) in [4.78, 5) is 25.7.